The quantitative estimate of drug-likeness (QED) is 0.630. The third-order valence-electron chi connectivity index (χ3n) is 6.38. The monoisotopic (exact) mass is 448 g/mol. The van der Waals surface area contributed by atoms with Gasteiger partial charge in [-0.3, -0.25) is 4.79 Å². The average Bonchev–Trinajstić information content (AvgIpc) is 3.27. The molecule has 1 fully saturated rings. The lowest BCUT2D eigenvalue weighted by atomic mass is 9.79. The summed E-state index contributed by atoms with van der Waals surface area (Å²) < 4.78 is 5.40. The molecule has 0 aliphatic carbocycles. The van der Waals surface area contributed by atoms with Crippen LogP contribution in [0.3, 0.4) is 0 Å². The molecule has 2 aromatic rings. The molecule has 1 saturated heterocycles. The summed E-state index contributed by atoms with van der Waals surface area (Å²) in [4.78, 5) is 29.5. The molecule has 7 heteroatoms. The second-order valence-corrected chi connectivity index (χ2v) is 8.85. The van der Waals surface area contributed by atoms with E-state index in [0.717, 1.165) is 24.2 Å². The molecule has 3 atom stereocenters. The van der Waals surface area contributed by atoms with E-state index < -0.39 is 0 Å². The van der Waals surface area contributed by atoms with E-state index >= 15 is 0 Å². The number of hydrogen-bond acceptors (Lipinski definition) is 5. The highest BCUT2D eigenvalue weighted by Crippen LogP contribution is 2.51. The van der Waals surface area contributed by atoms with Crippen LogP contribution in [0, 0.1) is 5.92 Å². The Morgan fingerprint density at radius 3 is 2.76 bits per heavy atom. The van der Waals surface area contributed by atoms with Crippen LogP contribution in [-0.4, -0.2) is 62.1 Å². The first-order chi connectivity index (χ1) is 16.0. The fraction of sp³-hybridized carbons (Fsp3) is 0.385. The van der Waals surface area contributed by atoms with Crippen molar-refractivity contribution >= 4 is 17.7 Å². The van der Waals surface area contributed by atoms with Gasteiger partial charge < -0.3 is 25.2 Å². The van der Waals surface area contributed by atoms with Gasteiger partial charge in [0, 0.05) is 36.8 Å². The number of carbonyl (C=O) groups excluding carboxylic acids is 2. The minimum atomic E-state index is -0.345. The fourth-order valence-corrected chi connectivity index (χ4v) is 4.82. The molecule has 2 heterocycles. The molecule has 2 aromatic carbocycles. The van der Waals surface area contributed by atoms with Gasteiger partial charge in [0.25, 0.3) is 5.91 Å². The number of anilines is 1. The Morgan fingerprint density at radius 2 is 2.03 bits per heavy atom. The van der Waals surface area contributed by atoms with Gasteiger partial charge in [0.15, 0.2) is 0 Å². The van der Waals surface area contributed by atoms with Crippen LogP contribution in [-0.2, 0) is 4.74 Å². The Labute approximate surface area is 195 Å². The molecule has 0 spiro atoms. The Bertz CT molecular complexity index is 1010. The van der Waals surface area contributed by atoms with Crippen LogP contribution < -0.4 is 10.6 Å². The summed E-state index contributed by atoms with van der Waals surface area (Å²) in [5, 5.41) is 6.65. The summed E-state index contributed by atoms with van der Waals surface area (Å²) in [6.07, 6.45) is 2.08. The predicted molar refractivity (Wildman–Crippen MR) is 129 cm³/mol. The third-order valence-corrected chi connectivity index (χ3v) is 6.38. The number of likely N-dealkylation sites (tertiary alicyclic amines) is 1. The molecule has 0 aromatic heterocycles. The first-order valence-corrected chi connectivity index (χ1v) is 11.4. The number of rotatable bonds is 7. The van der Waals surface area contributed by atoms with Gasteiger partial charge in [-0.05, 0) is 49.8 Å². The molecule has 2 N–H and O–H groups in total. The first kappa shape index (κ1) is 22.9. The highest BCUT2D eigenvalue weighted by molar-refractivity contribution is 5.95. The molecule has 2 aliphatic rings. The maximum atomic E-state index is 12.9. The SMILES string of the molecule is C=CCOC(=O)N1CC[C@H]2C(c3ccccc3)Nc3ccc(C(=O)NCCN(C)C)cc3[C@H]21. The molecule has 2 aliphatic heterocycles. The van der Waals surface area contributed by atoms with E-state index in [9.17, 15) is 9.59 Å². The van der Waals surface area contributed by atoms with Gasteiger partial charge in [0.2, 0.25) is 0 Å². The normalized spacial score (nSPS) is 21.1. The van der Waals surface area contributed by atoms with Crippen LogP contribution >= 0.6 is 0 Å². The van der Waals surface area contributed by atoms with Gasteiger partial charge in [-0.15, -0.1) is 0 Å². The molecular formula is C26H32N4O3. The van der Waals surface area contributed by atoms with Gasteiger partial charge in [-0.25, -0.2) is 4.79 Å². The Kier molecular flexibility index (Phi) is 6.99. The van der Waals surface area contributed by atoms with E-state index in [2.05, 4.69) is 29.3 Å². The molecule has 0 bridgehead atoms. The minimum Gasteiger partial charge on any atom is -0.445 e. The van der Waals surface area contributed by atoms with Crippen molar-refractivity contribution in [1.29, 1.82) is 0 Å². The highest BCUT2D eigenvalue weighted by atomic mass is 16.6. The summed E-state index contributed by atoms with van der Waals surface area (Å²) in [5.41, 5.74) is 3.68. The Morgan fingerprint density at radius 1 is 1.24 bits per heavy atom. The zero-order valence-corrected chi connectivity index (χ0v) is 19.3. The van der Waals surface area contributed by atoms with E-state index in [1.807, 2.05) is 55.4 Å². The van der Waals surface area contributed by atoms with Crippen LogP contribution in [0.1, 0.15) is 40.0 Å². The summed E-state index contributed by atoms with van der Waals surface area (Å²) in [6.45, 7) is 5.76. The lowest BCUT2D eigenvalue weighted by Crippen LogP contribution is -2.38. The first-order valence-electron chi connectivity index (χ1n) is 11.4. The van der Waals surface area contributed by atoms with Crippen molar-refractivity contribution in [3.8, 4) is 0 Å². The van der Waals surface area contributed by atoms with E-state index in [0.29, 0.717) is 18.7 Å². The second kappa shape index (κ2) is 10.1. The van der Waals surface area contributed by atoms with Crippen molar-refractivity contribution < 1.29 is 14.3 Å². The number of ether oxygens (including phenoxy) is 1. The number of fused-ring (bicyclic) bond motifs is 3. The molecular weight excluding hydrogens is 416 g/mol. The highest BCUT2D eigenvalue weighted by Gasteiger charge is 2.47. The van der Waals surface area contributed by atoms with E-state index in [4.69, 9.17) is 4.74 Å². The third kappa shape index (κ3) is 4.88. The maximum Gasteiger partial charge on any atom is 0.410 e. The summed E-state index contributed by atoms with van der Waals surface area (Å²) in [6, 6.07) is 15.9. The largest absolute Gasteiger partial charge is 0.445 e. The van der Waals surface area contributed by atoms with E-state index in [1.54, 1.807) is 11.0 Å². The van der Waals surface area contributed by atoms with Gasteiger partial charge in [0.05, 0.1) is 12.1 Å². The van der Waals surface area contributed by atoms with Gasteiger partial charge in [-0.2, -0.15) is 0 Å². The standard InChI is InChI=1S/C26H32N4O3/c1-4-16-33-26(32)30-14-12-20-23(18-8-6-5-7-9-18)28-22-11-10-19(17-21(22)24(20)30)25(31)27-13-15-29(2)3/h4-11,17,20,23-24,28H,1,12-16H2,2-3H3,(H,27,31)/t20-,23?,24-/m0/s1. The summed E-state index contributed by atoms with van der Waals surface area (Å²) in [7, 11) is 3.94. The lowest BCUT2D eigenvalue weighted by Gasteiger charge is -2.39. The summed E-state index contributed by atoms with van der Waals surface area (Å²) >= 11 is 0. The molecule has 7 nitrogen and oxygen atoms in total. The van der Waals surface area contributed by atoms with Crippen LogP contribution in [0.2, 0.25) is 0 Å². The number of nitrogens with one attached hydrogen (secondary N) is 2. The fourth-order valence-electron chi connectivity index (χ4n) is 4.82. The number of amides is 2. The predicted octanol–water partition coefficient (Wildman–Crippen LogP) is 3.83. The Hall–Kier alpha value is -3.32. The maximum absolute atomic E-state index is 12.9. The van der Waals surface area contributed by atoms with Crippen LogP contribution in [0.25, 0.3) is 0 Å². The van der Waals surface area contributed by atoms with Gasteiger partial charge in [0.1, 0.15) is 6.61 Å². The lowest BCUT2D eigenvalue weighted by molar-refractivity contribution is 0.0950. The van der Waals surface area contributed by atoms with Gasteiger partial charge in [-0.1, -0.05) is 43.0 Å². The topological polar surface area (TPSA) is 73.9 Å². The van der Waals surface area contributed by atoms with E-state index in [-0.39, 0.29) is 36.6 Å². The zero-order valence-electron chi connectivity index (χ0n) is 19.3. The van der Waals surface area contributed by atoms with Crippen molar-refractivity contribution in [1.82, 2.24) is 15.1 Å². The van der Waals surface area contributed by atoms with Gasteiger partial charge >= 0.3 is 6.09 Å². The van der Waals surface area contributed by atoms with Crippen molar-refractivity contribution in [3.05, 3.63) is 77.9 Å². The molecule has 2 amide bonds. The van der Waals surface area contributed by atoms with Crippen LogP contribution in [0.4, 0.5) is 10.5 Å². The minimum absolute atomic E-state index is 0.0701. The van der Waals surface area contributed by atoms with Crippen LogP contribution in [0.15, 0.2) is 61.2 Å². The molecule has 0 radical (unpaired) electrons. The molecule has 174 valence electrons. The van der Waals surface area contributed by atoms with Crippen molar-refractivity contribution in [3.63, 3.8) is 0 Å². The van der Waals surface area contributed by atoms with Crippen molar-refractivity contribution in [2.45, 2.75) is 18.5 Å². The van der Waals surface area contributed by atoms with Crippen LogP contribution in [0.5, 0.6) is 0 Å². The summed E-state index contributed by atoms with van der Waals surface area (Å²) in [5.74, 6) is 0.0587. The zero-order chi connectivity index (χ0) is 23.4. The average molecular weight is 449 g/mol. The Balaban J connectivity index is 1.66. The second-order valence-electron chi connectivity index (χ2n) is 8.85. The van der Waals surface area contributed by atoms with Crippen molar-refractivity contribution in [2.24, 2.45) is 5.92 Å². The molecule has 4 rings (SSSR count). The number of benzene rings is 2. The smallest absolute Gasteiger partial charge is 0.410 e. The van der Waals surface area contributed by atoms with Crippen molar-refractivity contribution in [2.75, 3.05) is 45.7 Å². The number of hydrogen-bond donors (Lipinski definition) is 2. The van der Waals surface area contributed by atoms with E-state index in [1.165, 1.54) is 5.56 Å². The molecule has 33 heavy (non-hydrogen) atoms. The number of likely N-dealkylation sites (N-methyl/N-ethyl adjacent to an activating group) is 1. The molecule has 1 unspecified atom stereocenters. The molecule has 0 saturated carbocycles. The number of carbonyl (C=O) groups is 2. The number of nitrogens with zero attached hydrogens (tertiary/aromatic N) is 2.